The third-order valence-electron chi connectivity index (χ3n) is 12.7. The Balaban J connectivity index is 1.22. The van der Waals surface area contributed by atoms with Crippen LogP contribution in [0.4, 0.5) is 0 Å². The van der Waals surface area contributed by atoms with E-state index in [9.17, 15) is 27.4 Å². The number of hydrogen-bond acceptors (Lipinski definition) is 6. The molecular weight excluding hydrogens is 871 g/mol. The molecular formula is C56H33N5O4S2. The van der Waals surface area contributed by atoms with Gasteiger partial charge in [-0.2, -0.15) is 10.5 Å². The highest BCUT2D eigenvalue weighted by Crippen LogP contribution is 2.50. The quantitative estimate of drug-likeness (QED) is 0.156. The number of nitriles is 2. The highest BCUT2D eigenvalue weighted by Gasteiger charge is 2.30. The van der Waals surface area contributed by atoms with E-state index >= 15 is 0 Å². The summed E-state index contributed by atoms with van der Waals surface area (Å²) in [6.07, 6.45) is 0. The molecule has 12 aromatic rings. The number of fused-ring (bicyclic) bond motifs is 12. The van der Waals surface area contributed by atoms with Gasteiger partial charge in [0.25, 0.3) is 0 Å². The fraction of sp³-hybridized carbons (Fsp3) is 0. The van der Waals surface area contributed by atoms with Crippen molar-refractivity contribution in [1.29, 1.82) is 10.5 Å². The number of para-hydroxylation sites is 4. The summed E-state index contributed by atoms with van der Waals surface area (Å²) in [4.78, 5) is 0.157. The molecule has 0 atom stereocenters. The summed E-state index contributed by atoms with van der Waals surface area (Å²) in [6.45, 7) is 0. The Morgan fingerprint density at radius 2 is 0.776 bits per heavy atom. The Hall–Kier alpha value is -8.74. The zero-order chi connectivity index (χ0) is 45.6. The van der Waals surface area contributed by atoms with Gasteiger partial charge in [0, 0.05) is 49.4 Å². The molecule has 3 heterocycles. The summed E-state index contributed by atoms with van der Waals surface area (Å²) in [6, 6.07) is 65.2. The predicted octanol–water partition coefficient (Wildman–Crippen LogP) is 12.4. The standard InChI is InChI=1S/C56H33N5O4S2/c57-34-36-13-12-17-43(33-36)66(62,63)41-29-25-39(26-30-41)60-49-23-10-7-20-46(49)53-55(60)51-44-18-5-8-21-47(44)59(38-15-2-1-3-16-38)54(51)52-45-19-6-9-22-48(45)61(56(52)53)40-27-31-42(32-28-40)67(64,65)50-24-11-4-14-37(50)35-58/h1-33H. The number of benzene rings is 9. The molecule has 0 aliphatic rings. The Morgan fingerprint density at radius 3 is 1.25 bits per heavy atom. The molecule has 11 heteroatoms. The van der Waals surface area contributed by atoms with E-state index in [2.05, 4.69) is 68.3 Å². The molecule has 0 unspecified atom stereocenters. The molecule has 0 aliphatic heterocycles. The molecule has 0 N–H and O–H groups in total. The van der Waals surface area contributed by atoms with Crippen LogP contribution in [0.25, 0.3) is 82.5 Å². The third-order valence-corrected chi connectivity index (χ3v) is 16.3. The van der Waals surface area contributed by atoms with Gasteiger partial charge in [-0.25, -0.2) is 16.8 Å². The Kier molecular flexibility index (Phi) is 8.86. The normalized spacial score (nSPS) is 12.1. The maximum absolute atomic E-state index is 14.1. The van der Waals surface area contributed by atoms with Crippen LogP contribution in [-0.4, -0.2) is 30.5 Å². The second-order valence-electron chi connectivity index (χ2n) is 16.3. The summed E-state index contributed by atoms with van der Waals surface area (Å²) >= 11 is 0. The van der Waals surface area contributed by atoms with E-state index in [-0.39, 0.29) is 30.7 Å². The predicted molar refractivity (Wildman–Crippen MR) is 263 cm³/mol. The number of rotatable bonds is 7. The first-order chi connectivity index (χ1) is 32.7. The lowest BCUT2D eigenvalue weighted by molar-refractivity contribution is 0.594. The number of sulfone groups is 2. The number of nitrogens with zero attached hydrogens (tertiary/aromatic N) is 5. The van der Waals surface area contributed by atoms with Gasteiger partial charge in [0.1, 0.15) is 6.07 Å². The Labute approximate surface area is 384 Å². The lowest BCUT2D eigenvalue weighted by Crippen LogP contribution is -2.05. The van der Waals surface area contributed by atoms with Crippen molar-refractivity contribution in [2.45, 2.75) is 19.6 Å². The lowest BCUT2D eigenvalue weighted by atomic mass is 10.0. The van der Waals surface area contributed by atoms with Gasteiger partial charge in [0.15, 0.2) is 0 Å². The molecule has 0 aliphatic carbocycles. The topological polar surface area (TPSA) is 131 Å². The maximum atomic E-state index is 14.1. The minimum absolute atomic E-state index is 0.0411. The van der Waals surface area contributed by atoms with Crippen molar-refractivity contribution in [3.05, 3.63) is 211 Å². The first-order valence-electron chi connectivity index (χ1n) is 21.4. The SMILES string of the molecule is N#Cc1cccc(S(=O)(=O)c2ccc(-n3c4ccccc4c4c3c3c5ccccc5n(-c5ccccc5)c3c3c5ccccc5n(-c5ccc(S(=O)(=O)c6ccccc6C#N)cc5)c34)cc2)c1. The first kappa shape index (κ1) is 39.8. The zero-order valence-electron chi connectivity index (χ0n) is 35.2. The first-order valence-corrected chi connectivity index (χ1v) is 24.3. The molecule has 0 saturated heterocycles. The van der Waals surface area contributed by atoms with Crippen LogP contribution in [-0.2, 0) is 19.7 Å². The van der Waals surface area contributed by atoms with Crippen LogP contribution < -0.4 is 0 Å². The number of aromatic nitrogens is 3. The van der Waals surface area contributed by atoms with Crippen LogP contribution >= 0.6 is 0 Å². The summed E-state index contributed by atoms with van der Waals surface area (Å²) in [5, 5.41) is 25.3. The van der Waals surface area contributed by atoms with E-state index < -0.39 is 19.7 Å². The fourth-order valence-electron chi connectivity index (χ4n) is 9.87. The molecule has 0 radical (unpaired) electrons. The van der Waals surface area contributed by atoms with Gasteiger partial charge in [0.2, 0.25) is 19.7 Å². The molecule has 12 rings (SSSR count). The van der Waals surface area contributed by atoms with Gasteiger partial charge >= 0.3 is 0 Å². The smallest absolute Gasteiger partial charge is 0.207 e. The van der Waals surface area contributed by atoms with Crippen LogP contribution in [0.3, 0.4) is 0 Å². The molecule has 0 fully saturated rings. The summed E-state index contributed by atoms with van der Waals surface area (Å²) in [7, 11) is -8.01. The van der Waals surface area contributed by atoms with Gasteiger partial charge in [-0.1, -0.05) is 91.0 Å². The molecule has 9 nitrogen and oxygen atoms in total. The number of hydrogen-bond donors (Lipinski definition) is 0. The van der Waals surface area contributed by atoms with Gasteiger partial charge < -0.3 is 13.7 Å². The molecule has 3 aromatic heterocycles. The molecule has 0 spiro atoms. The van der Waals surface area contributed by atoms with E-state index in [1.165, 1.54) is 24.3 Å². The van der Waals surface area contributed by atoms with Gasteiger partial charge in [-0.05, 0) is 109 Å². The minimum Gasteiger partial charge on any atom is -0.308 e. The summed E-state index contributed by atoms with van der Waals surface area (Å²) < 4.78 is 62.9. The van der Waals surface area contributed by atoms with Crippen molar-refractivity contribution >= 4 is 85.1 Å². The van der Waals surface area contributed by atoms with Crippen LogP contribution in [0.1, 0.15) is 11.1 Å². The van der Waals surface area contributed by atoms with Gasteiger partial charge in [-0.15, -0.1) is 0 Å². The molecule has 9 aromatic carbocycles. The van der Waals surface area contributed by atoms with E-state index in [1.807, 2.05) is 84.9 Å². The Bertz CT molecular complexity index is 4370. The Morgan fingerprint density at radius 1 is 0.358 bits per heavy atom. The summed E-state index contributed by atoms with van der Waals surface area (Å²) in [5.74, 6) is 0. The van der Waals surface area contributed by atoms with E-state index in [0.717, 1.165) is 82.5 Å². The van der Waals surface area contributed by atoms with Crippen molar-refractivity contribution in [2.75, 3.05) is 0 Å². The van der Waals surface area contributed by atoms with Crippen molar-refractivity contribution in [1.82, 2.24) is 13.7 Å². The van der Waals surface area contributed by atoms with Crippen molar-refractivity contribution < 1.29 is 16.8 Å². The highest BCUT2D eigenvalue weighted by molar-refractivity contribution is 7.91. The van der Waals surface area contributed by atoms with Crippen molar-refractivity contribution in [3.63, 3.8) is 0 Å². The van der Waals surface area contributed by atoms with E-state index in [1.54, 1.807) is 48.5 Å². The molecule has 318 valence electrons. The average molecular weight is 904 g/mol. The highest BCUT2D eigenvalue weighted by atomic mass is 32.2. The van der Waals surface area contributed by atoms with Crippen LogP contribution in [0.2, 0.25) is 0 Å². The van der Waals surface area contributed by atoms with Crippen LogP contribution in [0, 0.1) is 22.7 Å². The van der Waals surface area contributed by atoms with Crippen molar-refractivity contribution in [2.24, 2.45) is 0 Å². The molecule has 0 amide bonds. The second kappa shape index (κ2) is 14.9. The largest absolute Gasteiger partial charge is 0.308 e. The van der Waals surface area contributed by atoms with Crippen LogP contribution in [0.5, 0.6) is 0 Å². The summed E-state index contributed by atoms with van der Waals surface area (Å²) in [5.41, 5.74) is 8.36. The zero-order valence-corrected chi connectivity index (χ0v) is 36.9. The maximum Gasteiger partial charge on any atom is 0.207 e. The monoisotopic (exact) mass is 903 g/mol. The van der Waals surface area contributed by atoms with Gasteiger partial charge in [-0.3, -0.25) is 0 Å². The van der Waals surface area contributed by atoms with Crippen molar-refractivity contribution in [3.8, 4) is 29.2 Å². The second-order valence-corrected chi connectivity index (χ2v) is 20.2. The van der Waals surface area contributed by atoms with Crippen LogP contribution in [0.15, 0.2) is 220 Å². The van der Waals surface area contributed by atoms with E-state index in [0.29, 0.717) is 0 Å². The third kappa shape index (κ3) is 5.82. The lowest BCUT2D eigenvalue weighted by Gasteiger charge is -2.14. The van der Waals surface area contributed by atoms with E-state index in [4.69, 9.17) is 0 Å². The molecule has 0 saturated carbocycles. The molecule has 0 bridgehead atoms. The average Bonchev–Trinajstić information content (AvgIpc) is 4.03. The fourth-order valence-corrected chi connectivity index (χ4v) is 12.6. The minimum atomic E-state index is -4.04. The molecule has 67 heavy (non-hydrogen) atoms. The van der Waals surface area contributed by atoms with Gasteiger partial charge in [0.05, 0.1) is 69.9 Å².